The highest BCUT2D eigenvalue weighted by atomic mass is 32.1. The van der Waals surface area contributed by atoms with Gasteiger partial charge in [-0.3, -0.25) is 14.5 Å². The first-order valence-electron chi connectivity index (χ1n) is 5.40. The number of hydrogen-bond acceptors (Lipinski definition) is 4. The second-order valence-electron chi connectivity index (χ2n) is 3.56. The Morgan fingerprint density at radius 3 is 2.94 bits per heavy atom. The fraction of sp³-hybridized carbons (Fsp3) is 0.700. The third kappa shape index (κ3) is 3.44. The Kier molecular flexibility index (Phi) is 5.18. The number of nitrogens with one attached hydrogen (secondary N) is 1. The fourth-order valence-corrected chi connectivity index (χ4v) is 1.65. The van der Waals surface area contributed by atoms with Gasteiger partial charge in [0.25, 0.3) is 0 Å². The molecule has 0 aromatic carbocycles. The lowest BCUT2D eigenvalue weighted by Gasteiger charge is -2.04. The van der Waals surface area contributed by atoms with Crippen LogP contribution in [0.2, 0.25) is 0 Å². The molecule has 1 aromatic heterocycles. The van der Waals surface area contributed by atoms with E-state index in [4.69, 9.17) is 12.2 Å². The summed E-state index contributed by atoms with van der Waals surface area (Å²) >= 11 is 5.06. The number of esters is 1. The zero-order valence-corrected chi connectivity index (χ0v) is 10.5. The smallest absolute Gasteiger partial charge is 0.325 e. The van der Waals surface area contributed by atoms with E-state index < -0.39 is 0 Å². The third-order valence-electron chi connectivity index (χ3n) is 2.36. The average Bonchev–Trinajstić information content (AvgIpc) is 2.61. The minimum atomic E-state index is -0.311. The molecule has 0 amide bonds. The molecule has 90 valence electrons. The molecule has 0 saturated heterocycles. The van der Waals surface area contributed by atoms with Crippen LogP contribution in [0.25, 0.3) is 0 Å². The van der Waals surface area contributed by atoms with Crippen molar-refractivity contribution >= 4 is 18.2 Å². The van der Waals surface area contributed by atoms with Crippen molar-refractivity contribution in [3.63, 3.8) is 0 Å². The molecule has 1 aromatic rings. The van der Waals surface area contributed by atoms with E-state index in [1.165, 1.54) is 7.11 Å². The van der Waals surface area contributed by atoms with Crippen molar-refractivity contribution in [3.05, 3.63) is 10.6 Å². The highest BCUT2D eigenvalue weighted by Gasteiger charge is 2.09. The maximum atomic E-state index is 11.2. The fourth-order valence-electron chi connectivity index (χ4n) is 1.43. The molecule has 0 bridgehead atoms. The van der Waals surface area contributed by atoms with Gasteiger partial charge in [-0.15, -0.1) is 0 Å². The first-order valence-corrected chi connectivity index (χ1v) is 5.80. The maximum absolute atomic E-state index is 11.2. The predicted molar refractivity (Wildman–Crippen MR) is 62.7 cm³/mol. The molecule has 0 saturated carbocycles. The van der Waals surface area contributed by atoms with Crippen molar-refractivity contribution in [2.45, 2.75) is 39.2 Å². The number of aromatic amines is 1. The van der Waals surface area contributed by atoms with E-state index in [0.717, 1.165) is 31.5 Å². The molecular weight excluding hydrogens is 226 g/mol. The number of nitrogens with zero attached hydrogens (tertiary/aromatic N) is 2. The molecule has 1 N–H and O–H groups in total. The van der Waals surface area contributed by atoms with Crippen LogP contribution in [0, 0.1) is 4.77 Å². The Balaban J connectivity index is 2.69. The van der Waals surface area contributed by atoms with E-state index in [2.05, 4.69) is 21.9 Å². The molecular formula is C10H17N3O2S. The standard InChI is InChI=1S/C10H17N3O2S/c1-3-4-5-6-8-11-12-10(16)13(8)7-9(14)15-2/h3-7H2,1-2H3,(H,12,16). The molecule has 5 nitrogen and oxygen atoms in total. The van der Waals surface area contributed by atoms with Crippen LogP contribution in [-0.2, 0) is 22.5 Å². The molecule has 0 aliphatic rings. The highest BCUT2D eigenvalue weighted by Crippen LogP contribution is 2.05. The molecule has 6 heteroatoms. The highest BCUT2D eigenvalue weighted by molar-refractivity contribution is 7.71. The average molecular weight is 243 g/mol. The summed E-state index contributed by atoms with van der Waals surface area (Å²) in [6.45, 7) is 2.28. The van der Waals surface area contributed by atoms with E-state index >= 15 is 0 Å². The van der Waals surface area contributed by atoms with Crippen molar-refractivity contribution in [1.29, 1.82) is 0 Å². The Morgan fingerprint density at radius 1 is 1.56 bits per heavy atom. The van der Waals surface area contributed by atoms with Gasteiger partial charge in [-0.05, 0) is 18.6 Å². The predicted octanol–water partition coefficient (Wildman–Crippen LogP) is 1.85. The number of H-pyrrole nitrogens is 1. The minimum Gasteiger partial charge on any atom is -0.468 e. The van der Waals surface area contributed by atoms with E-state index in [-0.39, 0.29) is 12.5 Å². The number of hydrogen-bond donors (Lipinski definition) is 1. The van der Waals surface area contributed by atoms with Gasteiger partial charge in [-0.2, -0.15) is 5.10 Å². The number of carbonyl (C=O) groups is 1. The Hall–Kier alpha value is -1.17. The normalized spacial score (nSPS) is 10.4. The zero-order chi connectivity index (χ0) is 12.0. The number of unbranched alkanes of at least 4 members (excludes halogenated alkanes) is 2. The second kappa shape index (κ2) is 6.42. The van der Waals surface area contributed by atoms with E-state index in [1.807, 2.05) is 0 Å². The lowest BCUT2D eigenvalue weighted by molar-refractivity contribution is -0.141. The number of methoxy groups -OCH3 is 1. The number of carbonyl (C=O) groups excluding carboxylic acids is 1. The summed E-state index contributed by atoms with van der Waals surface area (Å²) < 4.78 is 6.77. The number of ether oxygens (including phenoxy) is 1. The van der Waals surface area contributed by atoms with Crippen LogP contribution in [0.15, 0.2) is 0 Å². The van der Waals surface area contributed by atoms with Crippen LogP contribution in [0.3, 0.4) is 0 Å². The molecule has 1 rings (SSSR count). The van der Waals surface area contributed by atoms with Crippen molar-refractivity contribution in [2.75, 3.05) is 7.11 Å². The van der Waals surface area contributed by atoms with Crippen molar-refractivity contribution < 1.29 is 9.53 Å². The summed E-state index contributed by atoms with van der Waals surface area (Å²) in [5.74, 6) is 0.512. The van der Waals surface area contributed by atoms with Crippen LogP contribution in [0.1, 0.15) is 32.0 Å². The Morgan fingerprint density at radius 2 is 2.31 bits per heavy atom. The van der Waals surface area contributed by atoms with Crippen LogP contribution in [0.4, 0.5) is 0 Å². The van der Waals surface area contributed by atoms with Crippen LogP contribution >= 0.6 is 12.2 Å². The SMILES string of the molecule is CCCCCc1n[nH]c(=S)n1CC(=O)OC. The number of aromatic nitrogens is 3. The lowest BCUT2D eigenvalue weighted by atomic mass is 10.2. The summed E-state index contributed by atoms with van der Waals surface area (Å²) in [5.41, 5.74) is 0. The molecule has 0 aliphatic heterocycles. The van der Waals surface area contributed by atoms with Crippen LogP contribution in [0.5, 0.6) is 0 Å². The molecule has 1 heterocycles. The second-order valence-corrected chi connectivity index (χ2v) is 3.95. The van der Waals surface area contributed by atoms with E-state index in [9.17, 15) is 4.79 Å². The third-order valence-corrected chi connectivity index (χ3v) is 2.67. The topological polar surface area (TPSA) is 59.9 Å². The Labute approximate surface area is 99.8 Å². The van der Waals surface area contributed by atoms with Gasteiger partial charge in [0.1, 0.15) is 12.4 Å². The van der Waals surface area contributed by atoms with Gasteiger partial charge in [-0.1, -0.05) is 19.8 Å². The summed E-state index contributed by atoms with van der Waals surface area (Å²) in [6, 6.07) is 0. The lowest BCUT2D eigenvalue weighted by Crippen LogP contribution is -2.14. The van der Waals surface area contributed by atoms with Gasteiger partial charge >= 0.3 is 5.97 Å². The molecule has 0 unspecified atom stereocenters. The molecule has 0 aliphatic carbocycles. The van der Waals surface area contributed by atoms with Crippen molar-refractivity contribution in [3.8, 4) is 0 Å². The quantitative estimate of drug-likeness (QED) is 0.470. The van der Waals surface area contributed by atoms with Gasteiger partial charge in [0.2, 0.25) is 0 Å². The van der Waals surface area contributed by atoms with Gasteiger partial charge in [0.15, 0.2) is 4.77 Å². The molecule has 16 heavy (non-hydrogen) atoms. The van der Waals surface area contributed by atoms with Crippen molar-refractivity contribution in [1.82, 2.24) is 14.8 Å². The summed E-state index contributed by atoms with van der Waals surface area (Å²) in [4.78, 5) is 11.2. The molecule has 0 radical (unpaired) electrons. The maximum Gasteiger partial charge on any atom is 0.325 e. The van der Waals surface area contributed by atoms with Crippen LogP contribution in [-0.4, -0.2) is 27.8 Å². The molecule has 0 spiro atoms. The summed E-state index contributed by atoms with van der Waals surface area (Å²) in [7, 11) is 1.36. The van der Waals surface area contributed by atoms with E-state index in [0.29, 0.717) is 4.77 Å². The number of aryl methyl sites for hydroxylation is 1. The Bertz CT molecular complexity index is 397. The summed E-state index contributed by atoms with van der Waals surface area (Å²) in [5, 5.41) is 6.81. The largest absolute Gasteiger partial charge is 0.468 e. The van der Waals surface area contributed by atoms with Gasteiger partial charge < -0.3 is 4.74 Å². The first kappa shape index (κ1) is 12.9. The molecule has 0 atom stereocenters. The zero-order valence-electron chi connectivity index (χ0n) is 9.65. The molecule has 0 fully saturated rings. The van der Waals surface area contributed by atoms with E-state index in [1.54, 1.807) is 4.57 Å². The summed E-state index contributed by atoms with van der Waals surface area (Å²) in [6.07, 6.45) is 4.19. The van der Waals surface area contributed by atoms with Gasteiger partial charge in [0.05, 0.1) is 7.11 Å². The minimum absolute atomic E-state index is 0.132. The van der Waals surface area contributed by atoms with Crippen LogP contribution < -0.4 is 0 Å². The van der Waals surface area contributed by atoms with Gasteiger partial charge in [0, 0.05) is 6.42 Å². The van der Waals surface area contributed by atoms with Crippen molar-refractivity contribution in [2.24, 2.45) is 0 Å². The monoisotopic (exact) mass is 243 g/mol. The first-order chi connectivity index (χ1) is 7.69. The number of rotatable bonds is 6. The van der Waals surface area contributed by atoms with Gasteiger partial charge in [-0.25, -0.2) is 0 Å².